The first-order valence-electron chi connectivity index (χ1n) is 7.87. The van der Waals surface area contributed by atoms with Crippen LogP contribution in [0.2, 0.25) is 0 Å². The predicted molar refractivity (Wildman–Crippen MR) is 79.8 cm³/mol. The van der Waals surface area contributed by atoms with Crippen molar-refractivity contribution in [3.8, 4) is 0 Å². The zero-order valence-electron chi connectivity index (χ0n) is 13.7. The van der Waals surface area contributed by atoms with E-state index in [1.54, 1.807) is 25.5 Å². The fourth-order valence-electron chi connectivity index (χ4n) is 2.74. The average Bonchev–Trinajstić information content (AvgIpc) is 3.15. The lowest BCUT2D eigenvalue weighted by Gasteiger charge is -2.32. The Morgan fingerprint density at radius 2 is 2.04 bits per heavy atom. The molecule has 2 aliphatic rings. The summed E-state index contributed by atoms with van der Waals surface area (Å²) in [5, 5.41) is 17.8. The van der Waals surface area contributed by atoms with Gasteiger partial charge in [-0.05, 0) is 39.5 Å². The van der Waals surface area contributed by atoms with Crippen molar-refractivity contribution in [1.82, 2.24) is 19.9 Å². The lowest BCUT2D eigenvalue weighted by Crippen LogP contribution is -2.43. The van der Waals surface area contributed by atoms with Gasteiger partial charge in [-0.25, -0.2) is 9.48 Å². The maximum Gasteiger partial charge on any atom is 0.410 e. The van der Waals surface area contributed by atoms with Gasteiger partial charge in [0.1, 0.15) is 17.2 Å². The lowest BCUT2D eigenvalue weighted by molar-refractivity contribution is -0.139. The highest BCUT2D eigenvalue weighted by atomic mass is 16.6. The third-order valence-corrected chi connectivity index (χ3v) is 4.00. The van der Waals surface area contributed by atoms with Gasteiger partial charge < -0.3 is 14.7 Å². The van der Waals surface area contributed by atoms with Crippen LogP contribution in [0.15, 0.2) is 0 Å². The van der Waals surface area contributed by atoms with Crippen molar-refractivity contribution in [2.45, 2.75) is 58.2 Å². The van der Waals surface area contributed by atoms with E-state index in [4.69, 9.17) is 4.74 Å². The molecule has 0 bridgehead atoms. The summed E-state index contributed by atoms with van der Waals surface area (Å²) in [6, 6.07) is 0. The normalized spacial score (nSPS) is 21.0. The van der Waals surface area contributed by atoms with Gasteiger partial charge >= 0.3 is 12.1 Å². The Morgan fingerprint density at radius 3 is 2.61 bits per heavy atom. The average molecular weight is 322 g/mol. The highest BCUT2D eigenvalue weighted by Crippen LogP contribution is 2.34. The van der Waals surface area contributed by atoms with Gasteiger partial charge in [-0.2, -0.15) is 0 Å². The maximum absolute atomic E-state index is 12.2. The minimum absolute atomic E-state index is 0.0787. The number of hydrogen-bond donors (Lipinski definition) is 1. The van der Waals surface area contributed by atoms with Gasteiger partial charge in [0.15, 0.2) is 0 Å². The molecule has 8 heteroatoms. The second kappa shape index (κ2) is 5.50. The molecule has 1 atom stereocenters. The van der Waals surface area contributed by atoms with Crippen molar-refractivity contribution in [1.29, 1.82) is 0 Å². The van der Waals surface area contributed by atoms with Gasteiger partial charge in [0.05, 0.1) is 12.2 Å². The van der Waals surface area contributed by atoms with Crippen LogP contribution in [-0.4, -0.2) is 49.2 Å². The number of hydrogen-bond acceptors (Lipinski definition) is 5. The van der Waals surface area contributed by atoms with Gasteiger partial charge in [0.25, 0.3) is 0 Å². The summed E-state index contributed by atoms with van der Waals surface area (Å²) in [4.78, 5) is 25.3. The summed E-state index contributed by atoms with van der Waals surface area (Å²) in [5.41, 5.74) is 0.555. The molecule has 1 aliphatic carbocycles. The van der Waals surface area contributed by atoms with E-state index in [-0.39, 0.29) is 13.1 Å². The van der Waals surface area contributed by atoms with E-state index in [1.165, 1.54) is 4.90 Å². The van der Waals surface area contributed by atoms with Gasteiger partial charge in [-0.15, -0.1) is 5.10 Å². The first-order valence-corrected chi connectivity index (χ1v) is 7.87. The van der Waals surface area contributed by atoms with E-state index in [0.29, 0.717) is 23.9 Å². The molecule has 1 aromatic heterocycles. The number of nitrogens with zero attached hydrogens (tertiary/aromatic N) is 4. The second-order valence-corrected chi connectivity index (χ2v) is 7.30. The lowest BCUT2D eigenvalue weighted by atomic mass is 9.98. The summed E-state index contributed by atoms with van der Waals surface area (Å²) >= 11 is 0. The third-order valence-electron chi connectivity index (χ3n) is 4.00. The molecular formula is C15H22N4O4. The van der Waals surface area contributed by atoms with E-state index in [2.05, 4.69) is 10.3 Å². The number of rotatable bonds is 3. The molecule has 1 aromatic rings. The van der Waals surface area contributed by atoms with Crippen LogP contribution in [0.25, 0.3) is 0 Å². The number of carboxylic acid groups (broad SMARTS) is 1. The Morgan fingerprint density at radius 1 is 1.35 bits per heavy atom. The molecule has 1 N–H and O–H groups in total. The monoisotopic (exact) mass is 322 g/mol. The maximum atomic E-state index is 12.2. The molecule has 0 saturated heterocycles. The SMILES string of the molecule is CC(C)(C)OC(=O)N1Cc2nnn(CC3CC3)c2[C@H](C(=O)O)C1. The number of amides is 1. The molecule has 2 heterocycles. The van der Waals surface area contributed by atoms with E-state index in [9.17, 15) is 14.7 Å². The Kier molecular flexibility index (Phi) is 3.77. The standard InChI is InChI=1S/C15H22N4O4/c1-15(2,3)23-14(22)18-7-10(13(20)21)12-11(8-18)16-17-19(12)6-9-4-5-9/h9-10H,4-8H2,1-3H3,(H,20,21)/t10-/m1/s1. The highest BCUT2D eigenvalue weighted by molar-refractivity contribution is 5.78. The van der Waals surface area contributed by atoms with Crippen molar-refractivity contribution in [2.75, 3.05) is 6.54 Å². The molecular weight excluding hydrogens is 300 g/mol. The van der Waals surface area contributed by atoms with Crippen LogP contribution in [0, 0.1) is 5.92 Å². The minimum atomic E-state index is -0.973. The van der Waals surface area contributed by atoms with Crippen molar-refractivity contribution in [3.63, 3.8) is 0 Å². The largest absolute Gasteiger partial charge is 0.481 e. The smallest absolute Gasteiger partial charge is 0.410 e. The van der Waals surface area contributed by atoms with Crippen LogP contribution in [-0.2, 0) is 22.6 Å². The van der Waals surface area contributed by atoms with Gasteiger partial charge in [0.2, 0.25) is 0 Å². The Hall–Kier alpha value is -2.12. The fourth-order valence-corrected chi connectivity index (χ4v) is 2.74. The van der Waals surface area contributed by atoms with E-state index in [1.807, 2.05) is 0 Å². The summed E-state index contributed by atoms with van der Waals surface area (Å²) < 4.78 is 7.05. The van der Waals surface area contributed by atoms with Crippen molar-refractivity contribution in [3.05, 3.63) is 11.4 Å². The van der Waals surface area contributed by atoms with E-state index < -0.39 is 23.6 Å². The number of aliphatic carboxylic acids is 1. The molecule has 0 unspecified atom stereocenters. The quantitative estimate of drug-likeness (QED) is 0.908. The molecule has 1 saturated carbocycles. The minimum Gasteiger partial charge on any atom is -0.481 e. The predicted octanol–water partition coefficient (Wildman–Crippen LogP) is 1.61. The van der Waals surface area contributed by atoms with Crippen molar-refractivity contribution >= 4 is 12.1 Å². The Bertz CT molecular complexity index is 630. The highest BCUT2D eigenvalue weighted by Gasteiger charge is 2.39. The first-order chi connectivity index (χ1) is 10.7. The number of carboxylic acids is 1. The van der Waals surface area contributed by atoms with Crippen LogP contribution < -0.4 is 0 Å². The number of ether oxygens (including phenoxy) is 1. The van der Waals surface area contributed by atoms with Crippen molar-refractivity contribution < 1.29 is 19.4 Å². The van der Waals surface area contributed by atoms with Crippen LogP contribution in [0.4, 0.5) is 4.79 Å². The number of carbonyl (C=O) groups excluding carboxylic acids is 1. The second-order valence-electron chi connectivity index (χ2n) is 7.30. The van der Waals surface area contributed by atoms with Crippen LogP contribution in [0.5, 0.6) is 0 Å². The first kappa shape index (κ1) is 15.8. The molecule has 0 spiro atoms. The molecule has 1 amide bonds. The number of fused-ring (bicyclic) bond motifs is 1. The van der Waals surface area contributed by atoms with E-state index in [0.717, 1.165) is 12.8 Å². The molecule has 23 heavy (non-hydrogen) atoms. The topological polar surface area (TPSA) is 97.5 Å². The molecule has 1 aliphatic heterocycles. The summed E-state index contributed by atoms with van der Waals surface area (Å²) in [5.74, 6) is -1.22. The summed E-state index contributed by atoms with van der Waals surface area (Å²) in [7, 11) is 0. The molecule has 8 nitrogen and oxygen atoms in total. The summed E-state index contributed by atoms with van der Waals surface area (Å²) in [6.45, 7) is 6.36. The molecule has 1 fully saturated rings. The Labute approximate surface area is 134 Å². The molecule has 126 valence electrons. The van der Waals surface area contributed by atoms with Gasteiger partial charge in [-0.3, -0.25) is 4.79 Å². The molecule has 0 aromatic carbocycles. The van der Waals surface area contributed by atoms with Crippen LogP contribution in [0.3, 0.4) is 0 Å². The third kappa shape index (κ3) is 3.46. The van der Waals surface area contributed by atoms with Crippen LogP contribution >= 0.6 is 0 Å². The zero-order valence-corrected chi connectivity index (χ0v) is 13.7. The summed E-state index contributed by atoms with van der Waals surface area (Å²) in [6.07, 6.45) is 1.78. The molecule has 0 radical (unpaired) electrons. The Balaban J connectivity index is 1.83. The van der Waals surface area contributed by atoms with Crippen LogP contribution in [0.1, 0.15) is 50.9 Å². The fraction of sp³-hybridized carbons (Fsp3) is 0.733. The number of carbonyl (C=O) groups is 2. The van der Waals surface area contributed by atoms with Gasteiger partial charge in [-0.1, -0.05) is 5.21 Å². The number of aromatic nitrogens is 3. The van der Waals surface area contributed by atoms with Crippen molar-refractivity contribution in [2.24, 2.45) is 5.92 Å². The van der Waals surface area contributed by atoms with Gasteiger partial charge in [0, 0.05) is 13.1 Å². The molecule has 3 rings (SSSR count). The van der Waals surface area contributed by atoms with E-state index >= 15 is 0 Å². The zero-order chi connectivity index (χ0) is 16.8.